The standard InChI is InChI=1S/C17H17BrN2O2S/c1-9-6-7-13-11(8-9)14(15(19)21)17(23-13)20-16(22)10-4-2-3-5-12(10)18/h2-5,9H,6-8H2,1H3,(H2,19,21)(H,20,22). The maximum atomic E-state index is 12.5. The van der Waals surface area contributed by atoms with E-state index in [2.05, 4.69) is 28.2 Å². The number of carbonyl (C=O) groups is 2. The third kappa shape index (κ3) is 3.19. The summed E-state index contributed by atoms with van der Waals surface area (Å²) in [5.74, 6) is -0.187. The van der Waals surface area contributed by atoms with Crippen LogP contribution in [-0.2, 0) is 12.8 Å². The SMILES string of the molecule is CC1CCc2sc(NC(=O)c3ccccc3Br)c(C(N)=O)c2C1. The Morgan fingerprint density at radius 1 is 1.35 bits per heavy atom. The van der Waals surface area contributed by atoms with Crippen LogP contribution in [0.2, 0.25) is 0 Å². The van der Waals surface area contributed by atoms with E-state index in [9.17, 15) is 9.59 Å². The number of benzene rings is 1. The second kappa shape index (κ2) is 6.45. The van der Waals surface area contributed by atoms with E-state index in [0.717, 1.165) is 24.8 Å². The van der Waals surface area contributed by atoms with Crippen LogP contribution in [0.4, 0.5) is 5.00 Å². The van der Waals surface area contributed by atoms with E-state index in [0.29, 0.717) is 26.5 Å². The molecule has 1 unspecified atom stereocenters. The molecule has 1 aliphatic carbocycles. The Morgan fingerprint density at radius 3 is 2.78 bits per heavy atom. The first-order valence-corrected chi connectivity index (χ1v) is 9.08. The highest BCUT2D eigenvalue weighted by Gasteiger charge is 2.27. The maximum Gasteiger partial charge on any atom is 0.257 e. The molecule has 0 saturated carbocycles. The number of nitrogens with two attached hydrogens (primary N) is 1. The monoisotopic (exact) mass is 392 g/mol. The minimum Gasteiger partial charge on any atom is -0.365 e. The molecule has 4 nitrogen and oxygen atoms in total. The highest BCUT2D eigenvalue weighted by Crippen LogP contribution is 2.39. The summed E-state index contributed by atoms with van der Waals surface area (Å²) in [6.07, 6.45) is 2.88. The predicted molar refractivity (Wildman–Crippen MR) is 96.1 cm³/mol. The Hall–Kier alpha value is -1.66. The molecule has 1 aromatic heterocycles. The van der Waals surface area contributed by atoms with Gasteiger partial charge in [-0.3, -0.25) is 9.59 Å². The number of fused-ring (bicyclic) bond motifs is 1. The number of thiophene rings is 1. The number of carbonyl (C=O) groups excluding carboxylic acids is 2. The maximum absolute atomic E-state index is 12.5. The first-order valence-electron chi connectivity index (χ1n) is 7.47. The number of hydrogen-bond donors (Lipinski definition) is 2. The molecule has 3 N–H and O–H groups in total. The fourth-order valence-corrected chi connectivity index (χ4v) is 4.63. The Bertz CT molecular complexity index is 785. The van der Waals surface area contributed by atoms with Crippen molar-refractivity contribution < 1.29 is 9.59 Å². The lowest BCUT2D eigenvalue weighted by Gasteiger charge is -2.18. The minimum atomic E-state index is -0.473. The molecule has 3 rings (SSSR count). The van der Waals surface area contributed by atoms with Crippen molar-refractivity contribution in [3.63, 3.8) is 0 Å². The highest BCUT2D eigenvalue weighted by atomic mass is 79.9. The first-order chi connectivity index (χ1) is 11.0. The molecule has 0 bridgehead atoms. The van der Waals surface area contributed by atoms with Crippen molar-refractivity contribution in [2.75, 3.05) is 5.32 Å². The minimum absolute atomic E-state index is 0.244. The van der Waals surface area contributed by atoms with Gasteiger partial charge in [-0.25, -0.2) is 0 Å². The first kappa shape index (κ1) is 16.2. The number of halogens is 1. The summed E-state index contributed by atoms with van der Waals surface area (Å²) < 4.78 is 0.716. The second-order valence-electron chi connectivity index (χ2n) is 5.85. The lowest BCUT2D eigenvalue weighted by molar-refractivity contribution is 0.1000. The molecule has 2 amide bonds. The fourth-order valence-electron chi connectivity index (χ4n) is 2.92. The molecule has 0 fully saturated rings. The van der Waals surface area contributed by atoms with Crippen molar-refractivity contribution >= 4 is 44.1 Å². The van der Waals surface area contributed by atoms with E-state index >= 15 is 0 Å². The van der Waals surface area contributed by atoms with Crippen molar-refractivity contribution in [3.05, 3.63) is 50.3 Å². The Balaban J connectivity index is 1.96. The number of amides is 2. The molecular weight excluding hydrogens is 376 g/mol. The average Bonchev–Trinajstić information content (AvgIpc) is 2.84. The van der Waals surface area contributed by atoms with Gasteiger partial charge in [0.2, 0.25) is 0 Å². The summed E-state index contributed by atoms with van der Waals surface area (Å²) in [6.45, 7) is 2.17. The van der Waals surface area contributed by atoms with Gasteiger partial charge in [-0.1, -0.05) is 19.1 Å². The van der Waals surface area contributed by atoms with Gasteiger partial charge in [-0.15, -0.1) is 11.3 Å². The highest BCUT2D eigenvalue weighted by molar-refractivity contribution is 9.10. The Morgan fingerprint density at radius 2 is 2.09 bits per heavy atom. The van der Waals surface area contributed by atoms with Gasteiger partial charge >= 0.3 is 0 Å². The zero-order valence-corrected chi connectivity index (χ0v) is 15.1. The largest absolute Gasteiger partial charge is 0.365 e. The number of primary amides is 1. The van der Waals surface area contributed by atoms with Crippen molar-refractivity contribution in [2.24, 2.45) is 11.7 Å². The number of nitrogens with one attached hydrogen (secondary N) is 1. The molecular formula is C17H17BrN2O2S. The van der Waals surface area contributed by atoms with Gasteiger partial charge in [-0.05, 0) is 58.8 Å². The molecule has 6 heteroatoms. The average molecular weight is 393 g/mol. The van der Waals surface area contributed by atoms with Gasteiger partial charge in [0, 0.05) is 9.35 Å². The van der Waals surface area contributed by atoms with E-state index in [-0.39, 0.29) is 5.91 Å². The van der Waals surface area contributed by atoms with Crippen LogP contribution in [0.3, 0.4) is 0 Å². The lowest BCUT2D eigenvalue weighted by Crippen LogP contribution is -2.20. The molecule has 1 heterocycles. The number of hydrogen-bond acceptors (Lipinski definition) is 3. The smallest absolute Gasteiger partial charge is 0.257 e. The summed E-state index contributed by atoms with van der Waals surface area (Å²) in [7, 11) is 0. The van der Waals surface area contributed by atoms with Crippen LogP contribution in [0.15, 0.2) is 28.7 Å². The second-order valence-corrected chi connectivity index (χ2v) is 7.81. The van der Waals surface area contributed by atoms with Crippen LogP contribution in [0.5, 0.6) is 0 Å². The van der Waals surface area contributed by atoms with Crippen molar-refractivity contribution in [2.45, 2.75) is 26.2 Å². The molecule has 1 atom stereocenters. The molecule has 23 heavy (non-hydrogen) atoms. The Kier molecular flexibility index (Phi) is 4.55. The lowest BCUT2D eigenvalue weighted by atomic mass is 9.87. The number of rotatable bonds is 3. The molecule has 0 spiro atoms. The summed E-state index contributed by atoms with van der Waals surface area (Å²) in [4.78, 5) is 25.6. The van der Waals surface area contributed by atoms with E-state index in [1.54, 1.807) is 12.1 Å². The zero-order chi connectivity index (χ0) is 16.6. The van der Waals surface area contributed by atoms with Crippen LogP contribution >= 0.6 is 27.3 Å². The molecule has 1 aliphatic rings. The van der Waals surface area contributed by atoms with Crippen LogP contribution in [-0.4, -0.2) is 11.8 Å². The summed E-state index contributed by atoms with van der Waals surface area (Å²) in [6, 6.07) is 7.20. The van der Waals surface area contributed by atoms with Crippen LogP contribution < -0.4 is 11.1 Å². The van der Waals surface area contributed by atoms with Crippen LogP contribution in [0.1, 0.15) is 44.5 Å². The normalized spacial score (nSPS) is 16.7. The summed E-state index contributed by atoms with van der Waals surface area (Å²) >= 11 is 4.85. The topological polar surface area (TPSA) is 72.2 Å². The van der Waals surface area contributed by atoms with Crippen molar-refractivity contribution in [1.29, 1.82) is 0 Å². The van der Waals surface area contributed by atoms with E-state index in [4.69, 9.17) is 5.73 Å². The van der Waals surface area contributed by atoms with E-state index in [1.165, 1.54) is 16.2 Å². The predicted octanol–water partition coefficient (Wildman–Crippen LogP) is 3.99. The molecule has 120 valence electrons. The quantitative estimate of drug-likeness (QED) is 0.828. The van der Waals surface area contributed by atoms with Gasteiger partial charge in [-0.2, -0.15) is 0 Å². The van der Waals surface area contributed by atoms with Gasteiger partial charge in [0.1, 0.15) is 5.00 Å². The number of aryl methyl sites for hydroxylation is 1. The summed E-state index contributed by atoms with van der Waals surface area (Å²) in [5, 5.41) is 3.44. The Labute approximate surface area is 147 Å². The third-order valence-corrected chi connectivity index (χ3v) is 6.00. The van der Waals surface area contributed by atoms with Crippen LogP contribution in [0, 0.1) is 5.92 Å². The van der Waals surface area contributed by atoms with Gasteiger partial charge < -0.3 is 11.1 Å². The van der Waals surface area contributed by atoms with E-state index < -0.39 is 5.91 Å². The van der Waals surface area contributed by atoms with Gasteiger partial charge in [0.15, 0.2) is 0 Å². The van der Waals surface area contributed by atoms with Crippen LogP contribution in [0.25, 0.3) is 0 Å². The molecule has 0 aliphatic heterocycles. The summed E-state index contributed by atoms with van der Waals surface area (Å²) in [5.41, 5.74) is 7.61. The van der Waals surface area contributed by atoms with Crippen molar-refractivity contribution in [1.82, 2.24) is 0 Å². The van der Waals surface area contributed by atoms with E-state index in [1.807, 2.05) is 12.1 Å². The molecule has 0 saturated heterocycles. The van der Waals surface area contributed by atoms with Crippen molar-refractivity contribution in [3.8, 4) is 0 Å². The van der Waals surface area contributed by atoms with Gasteiger partial charge in [0.05, 0.1) is 11.1 Å². The fraction of sp³-hybridized carbons (Fsp3) is 0.294. The van der Waals surface area contributed by atoms with Gasteiger partial charge in [0.25, 0.3) is 11.8 Å². The molecule has 1 aromatic carbocycles. The molecule has 0 radical (unpaired) electrons. The number of anilines is 1. The zero-order valence-electron chi connectivity index (χ0n) is 12.7. The molecule has 2 aromatic rings. The third-order valence-electron chi connectivity index (χ3n) is 4.10.